The molecular weight excluding hydrogens is 867 g/mol. The van der Waals surface area contributed by atoms with Crippen LogP contribution in [0.3, 0.4) is 0 Å². The molecule has 3 fully saturated rings. The van der Waals surface area contributed by atoms with Gasteiger partial charge in [-0.3, -0.25) is 19.1 Å². The number of nitrogens with one attached hydrogen (secondary N) is 3. The van der Waals surface area contributed by atoms with Crippen molar-refractivity contribution in [3.63, 3.8) is 0 Å². The number of pyridine rings is 1. The number of nitrogens with zero attached hydrogens (tertiary/aromatic N) is 4. The first-order valence-electron chi connectivity index (χ1n) is 22.4. The molecule has 9 rings (SSSR count). The Morgan fingerprint density at radius 1 is 1.08 bits per heavy atom. The second-order valence-electron chi connectivity index (χ2n) is 18.3. The van der Waals surface area contributed by atoms with Crippen LogP contribution in [0.5, 0.6) is 11.5 Å². The van der Waals surface area contributed by atoms with E-state index < -0.39 is 56.2 Å². The van der Waals surface area contributed by atoms with E-state index in [1.165, 1.54) is 17.6 Å². The summed E-state index contributed by atoms with van der Waals surface area (Å²) < 4.78 is 46.2. The van der Waals surface area contributed by atoms with Gasteiger partial charge in [-0.25, -0.2) is 23.4 Å². The fourth-order valence-corrected chi connectivity index (χ4v) is 11.2. The molecule has 17 heteroatoms. The van der Waals surface area contributed by atoms with Crippen LogP contribution in [0.4, 0.5) is 5.69 Å². The third-order valence-corrected chi connectivity index (χ3v) is 16.4. The fourth-order valence-electron chi connectivity index (χ4n) is 8.91. The number of thiazole rings is 1. The van der Waals surface area contributed by atoms with Crippen LogP contribution in [-0.4, -0.2) is 88.1 Å². The van der Waals surface area contributed by atoms with Crippen molar-refractivity contribution >= 4 is 55.7 Å². The Morgan fingerprint density at radius 3 is 2.65 bits per heavy atom. The average molecular weight is 922 g/mol. The van der Waals surface area contributed by atoms with Crippen LogP contribution in [0.1, 0.15) is 95.7 Å². The maximum atomic E-state index is 15.2. The van der Waals surface area contributed by atoms with E-state index in [-0.39, 0.29) is 31.2 Å². The Morgan fingerprint density at radius 2 is 1.91 bits per heavy atom. The van der Waals surface area contributed by atoms with Crippen molar-refractivity contribution in [3.05, 3.63) is 83.7 Å². The number of carbonyl (C=O) groups is 3. The predicted molar refractivity (Wildman–Crippen MR) is 248 cm³/mol. The number of sulfonamides is 1. The zero-order chi connectivity index (χ0) is 45.7. The number of anilines is 1. The third-order valence-electron chi connectivity index (χ3n) is 13.4. The van der Waals surface area contributed by atoms with Gasteiger partial charge in [-0.15, -0.1) is 11.3 Å². The summed E-state index contributed by atoms with van der Waals surface area (Å²) in [6.45, 7) is 7.79. The van der Waals surface area contributed by atoms with Crippen molar-refractivity contribution in [3.8, 4) is 33.7 Å². The summed E-state index contributed by atoms with van der Waals surface area (Å²) in [6.07, 6.45) is 11.2. The van der Waals surface area contributed by atoms with Gasteiger partial charge < -0.3 is 29.4 Å². The zero-order valence-electron chi connectivity index (χ0n) is 37.3. The van der Waals surface area contributed by atoms with Crippen LogP contribution in [-0.2, 0) is 24.4 Å². The Bertz CT molecular complexity index is 2770. The number of benzene rings is 2. The van der Waals surface area contributed by atoms with Gasteiger partial charge in [0.2, 0.25) is 27.7 Å². The first-order valence-corrected chi connectivity index (χ1v) is 24.8. The molecule has 3 aromatic heterocycles. The maximum Gasteiger partial charge on any atom is 0.259 e. The molecule has 342 valence electrons. The SMILES string of the molecule is COc1ccc2c(O[C@@H]3C[C@H]4C(=O)N[C@]5(C(=O)NS(=O)(=O)C6(C)CC6)C[C@H]5C=CCCCCC[C@H](Nc5cccc(-c6ncco6)c5)C(=O)N4C3)cc(-c3nc(C(C)C)cs3)nc2c1C. The van der Waals surface area contributed by atoms with Gasteiger partial charge in [-0.2, -0.15) is 0 Å². The molecular formula is C48H55N7O8S2. The molecule has 2 aliphatic carbocycles. The summed E-state index contributed by atoms with van der Waals surface area (Å²) in [4.78, 5) is 60.0. The number of fused-ring (bicyclic) bond motifs is 3. The van der Waals surface area contributed by atoms with Crippen molar-refractivity contribution in [2.24, 2.45) is 5.92 Å². The number of aromatic nitrogens is 3. The first kappa shape index (κ1) is 44.4. The average Bonchev–Trinajstić information content (AvgIpc) is 3.85. The van der Waals surface area contributed by atoms with E-state index in [0.717, 1.165) is 52.9 Å². The van der Waals surface area contributed by atoms with Crippen molar-refractivity contribution < 1.29 is 36.7 Å². The standard InChI is InChI=1S/C48H55N7O8S2/c1-28(2)37-27-64-44(52-37)36-24-40(34-16-17-39(61-5)29(3)41(34)51-36)63-33-23-38-42(56)53-48(46(58)54-65(59,60)47(4)18-19-47)25-31(48)13-9-7-6-8-10-15-35(45(57)55(38)26-33)50-32-14-11-12-30(22-32)43-49-20-21-62-43/h9,11-14,16-17,20-22,24,27-28,31,33,35,38,50H,6-8,10,15,18-19,23,25-26H2,1-5H3,(H,53,56)(H,54,58)/t31-,33-,35+,38+,48-/m1/s1. The summed E-state index contributed by atoms with van der Waals surface area (Å²) >= 11 is 1.50. The van der Waals surface area contributed by atoms with Crippen LogP contribution >= 0.6 is 11.3 Å². The molecule has 0 radical (unpaired) electrons. The van der Waals surface area contributed by atoms with E-state index in [1.54, 1.807) is 25.1 Å². The fraction of sp³-hybridized carbons (Fsp3) is 0.458. The lowest BCUT2D eigenvalue weighted by Gasteiger charge is -2.30. The quantitative estimate of drug-likeness (QED) is 0.110. The second-order valence-corrected chi connectivity index (χ2v) is 21.4. The minimum absolute atomic E-state index is 0.0593. The largest absolute Gasteiger partial charge is 0.496 e. The minimum atomic E-state index is -4.00. The van der Waals surface area contributed by atoms with E-state index in [2.05, 4.69) is 34.2 Å². The molecule has 1 saturated heterocycles. The Hall–Kier alpha value is -5.81. The van der Waals surface area contributed by atoms with Gasteiger partial charge in [0.25, 0.3) is 5.91 Å². The molecule has 4 aliphatic rings. The monoisotopic (exact) mass is 921 g/mol. The highest BCUT2D eigenvalue weighted by Crippen LogP contribution is 2.48. The van der Waals surface area contributed by atoms with Gasteiger partial charge in [0.1, 0.15) is 52.2 Å². The number of rotatable bonds is 11. The lowest BCUT2D eigenvalue weighted by atomic mass is 10.0. The van der Waals surface area contributed by atoms with Crippen molar-refractivity contribution in [2.45, 2.75) is 120 Å². The van der Waals surface area contributed by atoms with Crippen molar-refractivity contribution in [2.75, 3.05) is 19.0 Å². The van der Waals surface area contributed by atoms with Gasteiger partial charge in [0.15, 0.2) is 0 Å². The number of methoxy groups -OCH3 is 1. The second kappa shape index (κ2) is 17.5. The molecule has 3 N–H and O–H groups in total. The van der Waals surface area contributed by atoms with Crippen molar-refractivity contribution in [1.82, 2.24) is 29.9 Å². The van der Waals surface area contributed by atoms with Gasteiger partial charge in [-0.05, 0) is 88.6 Å². The summed E-state index contributed by atoms with van der Waals surface area (Å²) in [6, 6.07) is 11.3. The smallest absolute Gasteiger partial charge is 0.259 e. The number of oxazole rings is 1. The molecule has 0 bridgehead atoms. The highest BCUT2D eigenvalue weighted by atomic mass is 32.2. The van der Waals surface area contributed by atoms with E-state index >= 15 is 4.79 Å². The molecule has 15 nitrogen and oxygen atoms in total. The molecule has 5 heterocycles. The number of carbonyl (C=O) groups excluding carboxylic acids is 3. The van der Waals surface area contributed by atoms with Gasteiger partial charge >= 0.3 is 0 Å². The minimum Gasteiger partial charge on any atom is -0.496 e. The molecule has 5 atom stereocenters. The number of aryl methyl sites for hydroxylation is 1. The molecule has 2 aromatic carbocycles. The molecule has 2 aliphatic heterocycles. The van der Waals surface area contributed by atoms with Crippen LogP contribution < -0.4 is 24.8 Å². The Kier molecular flexibility index (Phi) is 12.0. The molecule has 2 saturated carbocycles. The van der Waals surface area contributed by atoms with E-state index in [9.17, 15) is 18.0 Å². The summed E-state index contributed by atoms with van der Waals surface area (Å²) in [5.74, 6) is -0.212. The lowest BCUT2D eigenvalue weighted by molar-refractivity contribution is -0.140. The number of allylic oxidation sites excluding steroid dienone is 1. The van der Waals surface area contributed by atoms with Crippen LogP contribution in [0, 0.1) is 12.8 Å². The van der Waals surface area contributed by atoms with Gasteiger partial charge in [0.05, 0.1) is 35.8 Å². The van der Waals surface area contributed by atoms with E-state index in [4.69, 9.17) is 23.9 Å². The zero-order valence-corrected chi connectivity index (χ0v) is 38.9. The van der Waals surface area contributed by atoms with E-state index in [1.807, 2.05) is 66.9 Å². The summed E-state index contributed by atoms with van der Waals surface area (Å²) in [5, 5.41) is 9.97. The molecule has 0 spiro atoms. The Balaban J connectivity index is 1.07. The van der Waals surface area contributed by atoms with Crippen LogP contribution in [0.15, 0.2) is 76.9 Å². The number of ether oxygens (including phenoxy) is 2. The maximum absolute atomic E-state index is 15.2. The number of amides is 3. The van der Waals surface area contributed by atoms with Gasteiger partial charge in [-0.1, -0.05) is 44.9 Å². The molecule has 0 unspecified atom stereocenters. The molecule has 5 aromatic rings. The van der Waals surface area contributed by atoms with Crippen LogP contribution in [0.25, 0.3) is 33.1 Å². The Labute approximate surface area is 382 Å². The third kappa shape index (κ3) is 8.84. The van der Waals surface area contributed by atoms with Crippen LogP contribution in [0.2, 0.25) is 0 Å². The van der Waals surface area contributed by atoms with Gasteiger partial charge in [0, 0.05) is 46.0 Å². The summed E-state index contributed by atoms with van der Waals surface area (Å²) in [7, 11) is -2.39. The first-order chi connectivity index (χ1) is 31.2. The summed E-state index contributed by atoms with van der Waals surface area (Å²) in [5.41, 5.74) is 2.97. The number of hydrogen-bond acceptors (Lipinski definition) is 13. The lowest BCUT2D eigenvalue weighted by Crippen LogP contribution is -2.58. The highest BCUT2D eigenvalue weighted by molar-refractivity contribution is 7.91. The topological polar surface area (TPSA) is 195 Å². The normalized spacial score (nSPS) is 24.4. The van der Waals surface area contributed by atoms with Crippen molar-refractivity contribution in [1.29, 1.82) is 0 Å². The van der Waals surface area contributed by atoms with E-state index in [0.29, 0.717) is 53.6 Å². The highest BCUT2D eigenvalue weighted by Gasteiger charge is 2.63. The number of hydrogen-bond donors (Lipinski definition) is 3. The predicted octanol–water partition coefficient (Wildman–Crippen LogP) is 7.68. The molecule has 65 heavy (non-hydrogen) atoms. The molecule has 3 amide bonds.